The molecule has 1 aliphatic rings. The monoisotopic (exact) mass is 459 g/mol. The number of anilines is 1. The lowest BCUT2D eigenvalue weighted by atomic mass is 9.89. The van der Waals surface area contributed by atoms with Crippen LogP contribution in [0.5, 0.6) is 0 Å². The molecule has 0 saturated heterocycles. The topological polar surface area (TPSA) is 122 Å². The molecule has 0 atom stereocenters. The van der Waals surface area contributed by atoms with Crippen molar-refractivity contribution in [2.24, 2.45) is 5.92 Å². The van der Waals surface area contributed by atoms with E-state index in [1.165, 1.54) is 32.3 Å². The van der Waals surface area contributed by atoms with Gasteiger partial charge in [-0.3, -0.25) is 14.4 Å². The van der Waals surface area contributed by atoms with Crippen LogP contribution < -0.4 is 10.6 Å². The number of nitrogens with one attached hydrogen (secondary N) is 2. The van der Waals surface area contributed by atoms with Crippen molar-refractivity contribution in [3.8, 4) is 0 Å². The molecule has 1 fully saturated rings. The van der Waals surface area contributed by atoms with E-state index < -0.39 is 28.5 Å². The van der Waals surface area contributed by atoms with Gasteiger partial charge in [-0.25, -0.2) is 12.7 Å². The third-order valence-corrected chi connectivity index (χ3v) is 7.02. The zero-order chi connectivity index (χ0) is 22.3. The second kappa shape index (κ2) is 10.7. The predicted molar refractivity (Wildman–Crippen MR) is 111 cm³/mol. The molecule has 11 heteroatoms. The number of ether oxygens (including phenoxy) is 1. The Balaban J connectivity index is 1.83. The van der Waals surface area contributed by atoms with E-state index in [-0.39, 0.29) is 34.0 Å². The van der Waals surface area contributed by atoms with E-state index in [1.54, 1.807) is 0 Å². The molecule has 0 spiro atoms. The minimum absolute atomic E-state index is 0.0156. The van der Waals surface area contributed by atoms with Crippen molar-refractivity contribution >= 4 is 45.1 Å². The van der Waals surface area contributed by atoms with Crippen molar-refractivity contribution in [3.63, 3.8) is 0 Å². The summed E-state index contributed by atoms with van der Waals surface area (Å²) in [4.78, 5) is 35.6. The molecule has 2 N–H and O–H groups in total. The average molecular weight is 460 g/mol. The molecule has 1 aliphatic carbocycles. The van der Waals surface area contributed by atoms with Gasteiger partial charge < -0.3 is 15.4 Å². The predicted octanol–water partition coefficient (Wildman–Crippen LogP) is 1.77. The first kappa shape index (κ1) is 24.1. The fourth-order valence-corrected chi connectivity index (χ4v) is 4.43. The Morgan fingerprint density at radius 2 is 1.83 bits per heavy atom. The molecule has 0 radical (unpaired) electrons. The van der Waals surface area contributed by atoms with Crippen molar-refractivity contribution in [2.75, 3.05) is 32.6 Å². The van der Waals surface area contributed by atoms with Crippen LogP contribution in [0.1, 0.15) is 32.1 Å². The fraction of sp³-hybridized carbons (Fsp3) is 0.526. The first-order valence-corrected chi connectivity index (χ1v) is 11.4. The molecule has 30 heavy (non-hydrogen) atoms. The highest BCUT2D eigenvalue weighted by atomic mass is 35.5. The fourth-order valence-electron chi connectivity index (χ4n) is 3.04. The van der Waals surface area contributed by atoms with Crippen molar-refractivity contribution in [2.45, 2.75) is 37.0 Å². The molecule has 0 aliphatic heterocycles. The van der Waals surface area contributed by atoms with Gasteiger partial charge in [0.15, 0.2) is 6.61 Å². The van der Waals surface area contributed by atoms with Crippen LogP contribution in [0.25, 0.3) is 0 Å². The molecule has 1 saturated carbocycles. The number of carbonyl (C=O) groups excluding carboxylic acids is 3. The Morgan fingerprint density at radius 3 is 2.47 bits per heavy atom. The van der Waals surface area contributed by atoms with Gasteiger partial charge in [0.1, 0.15) is 11.4 Å². The van der Waals surface area contributed by atoms with Crippen LogP contribution in [-0.4, -0.2) is 57.8 Å². The number of esters is 1. The molecule has 0 bridgehead atoms. The highest BCUT2D eigenvalue weighted by molar-refractivity contribution is 7.89. The van der Waals surface area contributed by atoms with Gasteiger partial charge in [-0.2, -0.15) is 0 Å². The van der Waals surface area contributed by atoms with Crippen LogP contribution in [0.15, 0.2) is 23.1 Å². The first-order valence-electron chi connectivity index (χ1n) is 9.56. The standard InChI is InChI=1S/C19H26ClN3O6S/c1-23(2)30(27,28)16-10-14(8-9-15(16)20)22-17(24)12-29-18(25)11-21-19(26)13-6-4-3-5-7-13/h8-10,13H,3-7,11-12H2,1-2H3,(H,21,26)(H,22,24). The number of nitrogens with zero attached hydrogens (tertiary/aromatic N) is 1. The number of benzene rings is 1. The van der Waals surface area contributed by atoms with E-state index in [1.807, 2.05) is 0 Å². The molecule has 166 valence electrons. The number of halogens is 1. The zero-order valence-corrected chi connectivity index (χ0v) is 18.5. The summed E-state index contributed by atoms with van der Waals surface area (Å²) in [6, 6.07) is 4.00. The first-order chi connectivity index (χ1) is 14.1. The van der Waals surface area contributed by atoms with E-state index in [2.05, 4.69) is 10.6 Å². The molecule has 0 aromatic heterocycles. The van der Waals surface area contributed by atoms with Crippen molar-refractivity contribution in [3.05, 3.63) is 23.2 Å². The Bertz CT molecular complexity index is 898. The van der Waals surface area contributed by atoms with Crippen LogP contribution in [0.2, 0.25) is 5.02 Å². The van der Waals surface area contributed by atoms with Crippen molar-refractivity contribution < 1.29 is 27.5 Å². The molecule has 2 rings (SSSR count). The number of sulfonamides is 1. The molecule has 9 nitrogen and oxygen atoms in total. The Morgan fingerprint density at radius 1 is 1.17 bits per heavy atom. The molecule has 1 aromatic carbocycles. The zero-order valence-electron chi connectivity index (χ0n) is 16.9. The number of carbonyl (C=O) groups is 3. The Hall–Kier alpha value is -2.17. The summed E-state index contributed by atoms with van der Waals surface area (Å²) < 4.78 is 30.4. The van der Waals surface area contributed by atoms with Gasteiger partial charge in [-0.15, -0.1) is 0 Å². The molecule has 0 heterocycles. The van der Waals surface area contributed by atoms with E-state index in [9.17, 15) is 22.8 Å². The smallest absolute Gasteiger partial charge is 0.325 e. The van der Waals surface area contributed by atoms with Crippen LogP contribution >= 0.6 is 11.6 Å². The van der Waals surface area contributed by atoms with Crippen molar-refractivity contribution in [1.82, 2.24) is 9.62 Å². The van der Waals surface area contributed by atoms with Crippen LogP contribution in [0.4, 0.5) is 5.69 Å². The van der Waals surface area contributed by atoms with Gasteiger partial charge in [0.05, 0.1) is 5.02 Å². The number of hydrogen-bond acceptors (Lipinski definition) is 6. The maximum atomic E-state index is 12.3. The SMILES string of the molecule is CN(C)S(=O)(=O)c1cc(NC(=O)COC(=O)CNC(=O)C2CCCCC2)ccc1Cl. The molecule has 1 aromatic rings. The molecular weight excluding hydrogens is 434 g/mol. The van der Waals surface area contributed by atoms with Gasteiger partial charge >= 0.3 is 5.97 Å². The van der Waals surface area contributed by atoms with Crippen LogP contribution in [-0.2, 0) is 29.1 Å². The largest absolute Gasteiger partial charge is 0.454 e. The van der Waals surface area contributed by atoms with Gasteiger partial charge in [-0.1, -0.05) is 30.9 Å². The third-order valence-electron chi connectivity index (χ3n) is 4.72. The van der Waals surface area contributed by atoms with E-state index in [4.69, 9.17) is 16.3 Å². The van der Waals surface area contributed by atoms with Gasteiger partial charge in [0, 0.05) is 25.7 Å². The third kappa shape index (κ3) is 6.68. The van der Waals surface area contributed by atoms with Crippen LogP contribution in [0, 0.1) is 5.92 Å². The summed E-state index contributed by atoms with van der Waals surface area (Å²) in [5.74, 6) is -1.64. The van der Waals surface area contributed by atoms with Gasteiger partial charge in [0.2, 0.25) is 15.9 Å². The Kier molecular flexibility index (Phi) is 8.63. The highest BCUT2D eigenvalue weighted by Gasteiger charge is 2.23. The average Bonchev–Trinajstić information content (AvgIpc) is 2.72. The quantitative estimate of drug-likeness (QED) is 0.571. The minimum Gasteiger partial charge on any atom is -0.454 e. The summed E-state index contributed by atoms with van der Waals surface area (Å²) >= 11 is 5.96. The summed E-state index contributed by atoms with van der Waals surface area (Å²) in [7, 11) is -1.06. The van der Waals surface area contributed by atoms with E-state index in [0.29, 0.717) is 0 Å². The molecule has 2 amide bonds. The molecule has 0 unspecified atom stereocenters. The number of rotatable bonds is 8. The summed E-state index contributed by atoms with van der Waals surface area (Å²) in [6.07, 6.45) is 4.76. The highest BCUT2D eigenvalue weighted by Crippen LogP contribution is 2.27. The summed E-state index contributed by atoms with van der Waals surface area (Å²) in [5, 5.41) is 5.00. The van der Waals surface area contributed by atoms with Crippen molar-refractivity contribution in [1.29, 1.82) is 0 Å². The maximum absolute atomic E-state index is 12.3. The lowest BCUT2D eigenvalue weighted by Crippen LogP contribution is -2.36. The normalized spacial score (nSPS) is 14.9. The van der Waals surface area contributed by atoms with Gasteiger partial charge in [0.25, 0.3) is 5.91 Å². The molecular formula is C19H26ClN3O6S. The van der Waals surface area contributed by atoms with E-state index >= 15 is 0 Å². The minimum atomic E-state index is -3.79. The summed E-state index contributed by atoms with van der Waals surface area (Å²) in [6.45, 7) is -0.884. The number of amides is 2. The maximum Gasteiger partial charge on any atom is 0.325 e. The second-order valence-electron chi connectivity index (χ2n) is 7.19. The Labute approximate surface area is 181 Å². The van der Waals surface area contributed by atoms with Crippen LogP contribution in [0.3, 0.4) is 0 Å². The lowest BCUT2D eigenvalue weighted by Gasteiger charge is -2.20. The number of hydrogen-bond donors (Lipinski definition) is 2. The second-order valence-corrected chi connectivity index (χ2v) is 9.72. The lowest BCUT2D eigenvalue weighted by molar-refractivity contribution is -0.147. The van der Waals surface area contributed by atoms with E-state index in [0.717, 1.165) is 36.4 Å². The summed E-state index contributed by atoms with van der Waals surface area (Å²) in [5.41, 5.74) is 0.187. The van der Waals surface area contributed by atoms with Gasteiger partial charge in [-0.05, 0) is 31.0 Å².